The number of unbranched alkanes of at least 4 members (excludes halogenated alkanes) is 11. The SMILES string of the molecule is CCCCCC(=O)NCCCNC(=O)CCOCC(COCCC(=O)NCCCNC(=O)CCCCC(C)(C)C)(COCCC(=O)NCCCNC(=O)CCCCC(C)(C)C)NC(=O)CCCCCCCCCCC(C)(C)C. The molecule has 0 aliphatic rings. The summed E-state index contributed by atoms with van der Waals surface area (Å²) < 4.78 is 18.3. The second kappa shape index (κ2) is 45.9. The summed E-state index contributed by atoms with van der Waals surface area (Å²) in [5.74, 6) is -0.784. The molecule has 7 N–H and O–H groups in total. The van der Waals surface area contributed by atoms with Gasteiger partial charge in [0.05, 0.1) is 39.6 Å². The summed E-state index contributed by atoms with van der Waals surface area (Å²) >= 11 is 0. The number of rotatable bonds is 50. The number of carbonyl (C=O) groups is 7. The van der Waals surface area contributed by atoms with E-state index >= 15 is 0 Å². The number of ether oxygens (including phenoxy) is 3. The third-order valence-electron chi connectivity index (χ3n) is 13.2. The molecule has 0 heterocycles. The molecule has 17 heteroatoms. The predicted molar refractivity (Wildman–Crippen MR) is 315 cm³/mol. The van der Waals surface area contributed by atoms with Gasteiger partial charge in [0.1, 0.15) is 5.54 Å². The van der Waals surface area contributed by atoms with Crippen LogP contribution in [-0.4, -0.2) is 126 Å². The van der Waals surface area contributed by atoms with Crippen LogP contribution >= 0.6 is 0 Å². The van der Waals surface area contributed by atoms with Crippen molar-refractivity contribution in [3.63, 3.8) is 0 Å². The lowest BCUT2D eigenvalue weighted by Gasteiger charge is -2.34. The minimum absolute atomic E-state index is 0.0172. The number of carbonyl (C=O) groups excluding carboxylic acids is 7. The average molecular weight is 1110 g/mol. The standard InChI is InChI=1S/C61H117N7O10/c1-11-12-19-29-51(69)62-39-26-42-65-54(72)33-45-76-48-61(68-57(75)32-20-17-15-13-14-16-18-23-36-58(2,3)4,49-77-46-34-55(73)66-43-27-40-63-52(70)30-21-24-37-59(5,6)7)50-78-47-35-56(74)67-44-28-41-64-53(71)31-22-25-38-60(8,9)10/h11-50H2,1-10H3,(H,62,69)(H,63,70)(H,64,71)(H,65,72)(H,66,73)(H,67,74)(H,68,75). The van der Waals surface area contributed by atoms with Crippen LogP contribution in [-0.2, 0) is 47.8 Å². The molecule has 0 rings (SSSR count). The number of hydrogen-bond donors (Lipinski definition) is 7. The molecule has 0 aromatic heterocycles. The van der Waals surface area contributed by atoms with Crippen LogP contribution in [0.4, 0.5) is 0 Å². The van der Waals surface area contributed by atoms with Gasteiger partial charge >= 0.3 is 0 Å². The van der Waals surface area contributed by atoms with Crippen molar-refractivity contribution >= 4 is 41.4 Å². The minimum atomic E-state index is -1.21. The van der Waals surface area contributed by atoms with Gasteiger partial charge in [-0.3, -0.25) is 33.6 Å². The van der Waals surface area contributed by atoms with E-state index in [1.807, 2.05) is 0 Å². The Morgan fingerprint density at radius 2 is 0.538 bits per heavy atom. The smallest absolute Gasteiger partial charge is 0.222 e. The fraction of sp³-hybridized carbons (Fsp3) is 0.885. The third kappa shape index (κ3) is 51.6. The molecular formula is C61H117N7O10. The Morgan fingerprint density at radius 1 is 0.295 bits per heavy atom. The summed E-state index contributed by atoms with van der Waals surface area (Å²) in [5, 5.41) is 20.6. The van der Waals surface area contributed by atoms with Crippen molar-refractivity contribution in [2.75, 3.05) is 78.9 Å². The molecule has 0 fully saturated rings. The summed E-state index contributed by atoms with van der Waals surface area (Å²) in [6.45, 7) is 24.7. The highest BCUT2D eigenvalue weighted by molar-refractivity contribution is 5.78. The molecule has 0 radical (unpaired) electrons. The Bertz CT molecular complexity index is 1540. The lowest BCUT2D eigenvalue weighted by Crippen LogP contribution is -2.58. The number of nitrogens with one attached hydrogen (secondary N) is 7. The normalized spacial score (nSPS) is 12.0. The molecule has 0 saturated heterocycles. The maximum atomic E-state index is 13.7. The quantitative estimate of drug-likeness (QED) is 0.0285. The van der Waals surface area contributed by atoms with E-state index in [4.69, 9.17) is 14.2 Å². The molecule has 0 aliphatic heterocycles. The van der Waals surface area contributed by atoms with Crippen molar-refractivity contribution in [1.82, 2.24) is 37.2 Å². The summed E-state index contributed by atoms with van der Waals surface area (Å²) in [6, 6.07) is 0. The first-order chi connectivity index (χ1) is 36.9. The summed E-state index contributed by atoms with van der Waals surface area (Å²) in [4.78, 5) is 88.8. The molecule has 0 atom stereocenters. The number of amides is 7. The van der Waals surface area contributed by atoms with Crippen LogP contribution in [0.2, 0.25) is 0 Å². The fourth-order valence-corrected chi connectivity index (χ4v) is 8.47. The molecule has 456 valence electrons. The van der Waals surface area contributed by atoms with Gasteiger partial charge in [-0.05, 0) is 80.5 Å². The zero-order valence-corrected chi connectivity index (χ0v) is 51.4. The monoisotopic (exact) mass is 1110 g/mol. The van der Waals surface area contributed by atoms with E-state index in [1.165, 1.54) is 32.1 Å². The molecule has 78 heavy (non-hydrogen) atoms. The Hall–Kier alpha value is -3.83. The van der Waals surface area contributed by atoms with E-state index in [1.54, 1.807) is 0 Å². The highest BCUT2D eigenvalue weighted by Crippen LogP contribution is 2.24. The van der Waals surface area contributed by atoms with Gasteiger partial charge in [0, 0.05) is 84.2 Å². The zero-order valence-electron chi connectivity index (χ0n) is 51.4. The van der Waals surface area contributed by atoms with Gasteiger partial charge in [0.2, 0.25) is 41.4 Å². The average Bonchev–Trinajstić information content (AvgIpc) is 3.35. The van der Waals surface area contributed by atoms with Gasteiger partial charge in [0.25, 0.3) is 0 Å². The predicted octanol–water partition coefficient (Wildman–Crippen LogP) is 9.67. The summed E-state index contributed by atoms with van der Waals surface area (Å²) in [6.07, 6.45) is 22.4. The van der Waals surface area contributed by atoms with Gasteiger partial charge in [-0.15, -0.1) is 0 Å². The molecule has 7 amide bonds. The van der Waals surface area contributed by atoms with Crippen molar-refractivity contribution < 1.29 is 47.8 Å². The van der Waals surface area contributed by atoms with Gasteiger partial charge in [-0.2, -0.15) is 0 Å². The van der Waals surface area contributed by atoms with Gasteiger partial charge in [0.15, 0.2) is 0 Å². The van der Waals surface area contributed by atoms with Crippen LogP contribution in [0.25, 0.3) is 0 Å². The third-order valence-corrected chi connectivity index (χ3v) is 13.2. The maximum absolute atomic E-state index is 13.7. The lowest BCUT2D eigenvalue weighted by molar-refractivity contribution is -0.130. The lowest BCUT2D eigenvalue weighted by atomic mass is 9.89. The van der Waals surface area contributed by atoms with Crippen LogP contribution in [0.3, 0.4) is 0 Å². The summed E-state index contributed by atoms with van der Waals surface area (Å²) in [7, 11) is 0. The molecule has 0 aromatic rings. The Morgan fingerprint density at radius 3 is 0.846 bits per heavy atom. The Kier molecular flexibility index (Phi) is 43.6. The largest absolute Gasteiger partial charge is 0.378 e. The molecule has 0 saturated carbocycles. The minimum Gasteiger partial charge on any atom is -0.378 e. The first kappa shape index (κ1) is 74.2. The Labute approximate surface area is 474 Å². The molecular weight excluding hydrogens is 991 g/mol. The van der Waals surface area contributed by atoms with Crippen molar-refractivity contribution in [1.29, 1.82) is 0 Å². The van der Waals surface area contributed by atoms with Crippen LogP contribution in [0.15, 0.2) is 0 Å². The van der Waals surface area contributed by atoms with Crippen LogP contribution in [0.1, 0.15) is 249 Å². The second-order valence-electron chi connectivity index (χ2n) is 25.3. The molecule has 0 bridgehead atoms. The van der Waals surface area contributed by atoms with Crippen molar-refractivity contribution in [2.45, 2.75) is 255 Å². The topological polar surface area (TPSA) is 231 Å². The molecule has 0 aliphatic carbocycles. The number of hydrogen-bond acceptors (Lipinski definition) is 10. The van der Waals surface area contributed by atoms with Crippen molar-refractivity contribution in [2.24, 2.45) is 16.2 Å². The van der Waals surface area contributed by atoms with Crippen LogP contribution in [0.5, 0.6) is 0 Å². The van der Waals surface area contributed by atoms with E-state index in [-0.39, 0.29) is 118 Å². The first-order valence-electron chi connectivity index (χ1n) is 30.6. The summed E-state index contributed by atoms with van der Waals surface area (Å²) in [5.41, 5.74) is -0.343. The van der Waals surface area contributed by atoms with E-state index in [0.717, 1.165) is 77.0 Å². The molecule has 0 aromatic carbocycles. The van der Waals surface area contributed by atoms with Crippen molar-refractivity contribution in [3.05, 3.63) is 0 Å². The molecule has 17 nitrogen and oxygen atoms in total. The van der Waals surface area contributed by atoms with E-state index in [0.29, 0.717) is 89.6 Å². The second-order valence-corrected chi connectivity index (χ2v) is 25.3. The first-order valence-corrected chi connectivity index (χ1v) is 30.6. The van der Waals surface area contributed by atoms with E-state index < -0.39 is 5.54 Å². The molecule has 0 unspecified atom stereocenters. The van der Waals surface area contributed by atoms with Gasteiger partial charge in [-0.25, -0.2) is 0 Å². The van der Waals surface area contributed by atoms with Crippen LogP contribution < -0.4 is 37.2 Å². The van der Waals surface area contributed by atoms with Gasteiger partial charge < -0.3 is 51.4 Å². The zero-order chi connectivity index (χ0) is 58.4. The molecule has 0 spiro atoms. The highest BCUT2D eigenvalue weighted by Gasteiger charge is 2.34. The van der Waals surface area contributed by atoms with Crippen LogP contribution in [0, 0.1) is 16.2 Å². The van der Waals surface area contributed by atoms with Gasteiger partial charge in [-0.1, -0.05) is 140 Å². The Balaban J connectivity index is 5.58. The van der Waals surface area contributed by atoms with E-state index in [9.17, 15) is 33.6 Å². The maximum Gasteiger partial charge on any atom is 0.222 e. The van der Waals surface area contributed by atoms with Crippen molar-refractivity contribution in [3.8, 4) is 0 Å². The fourth-order valence-electron chi connectivity index (χ4n) is 8.47. The van der Waals surface area contributed by atoms with E-state index in [2.05, 4.69) is 106 Å². The highest BCUT2D eigenvalue weighted by atomic mass is 16.5.